The van der Waals surface area contributed by atoms with Gasteiger partial charge in [0.05, 0.1) is 15.7 Å². The summed E-state index contributed by atoms with van der Waals surface area (Å²) >= 11 is 21.7. The van der Waals surface area contributed by atoms with Gasteiger partial charge in [-0.15, -0.1) is 0 Å². The maximum absolute atomic E-state index is 12.4. The molecule has 1 N–H and O–H groups in total. The van der Waals surface area contributed by atoms with Gasteiger partial charge >= 0.3 is 0 Å². The van der Waals surface area contributed by atoms with Crippen LogP contribution in [-0.4, -0.2) is 8.42 Å². The summed E-state index contributed by atoms with van der Waals surface area (Å²) in [7, 11) is -3.79. The zero-order valence-electron chi connectivity index (χ0n) is 10.0. The molecule has 0 aliphatic rings. The largest absolute Gasteiger partial charge is 0.278 e. The number of benzene rings is 2. The maximum Gasteiger partial charge on any atom is 0.263 e. The second kappa shape index (κ2) is 6.76. The molecule has 0 spiro atoms. The Morgan fingerprint density at radius 1 is 0.905 bits per heavy atom. The number of rotatable bonds is 3. The standard InChI is InChI=1S/C12H6Br3Cl2NO2S/c13-6-1-4-10(8(15)5-6)21(19,20)18-9-3-2-7(14)11(16)12(9)17/h1-5,18H. The number of hydrogen-bond acceptors (Lipinski definition) is 2. The molecule has 21 heavy (non-hydrogen) atoms. The van der Waals surface area contributed by atoms with Crippen LogP contribution in [0.1, 0.15) is 0 Å². The predicted molar refractivity (Wildman–Crippen MR) is 96.8 cm³/mol. The minimum Gasteiger partial charge on any atom is -0.278 e. The van der Waals surface area contributed by atoms with E-state index >= 15 is 0 Å². The fraction of sp³-hybridized carbons (Fsp3) is 0. The minimum atomic E-state index is -3.79. The SMILES string of the molecule is O=S(=O)(Nc1ccc(Br)c(Cl)c1Cl)c1ccc(Br)cc1Br. The Bertz CT molecular complexity index is 812. The van der Waals surface area contributed by atoms with Crippen molar-refractivity contribution in [3.8, 4) is 0 Å². The summed E-state index contributed by atoms with van der Waals surface area (Å²) in [5, 5.41) is 0.370. The molecule has 9 heteroatoms. The summed E-state index contributed by atoms with van der Waals surface area (Å²) < 4.78 is 29.0. The zero-order valence-corrected chi connectivity index (χ0v) is 17.1. The van der Waals surface area contributed by atoms with Crippen LogP contribution in [0.5, 0.6) is 0 Å². The topological polar surface area (TPSA) is 46.2 Å². The normalized spacial score (nSPS) is 11.5. The Kier molecular flexibility index (Phi) is 5.66. The summed E-state index contributed by atoms with van der Waals surface area (Å²) in [6.45, 7) is 0. The Labute approximate surface area is 157 Å². The first-order valence-electron chi connectivity index (χ1n) is 5.34. The highest BCUT2D eigenvalue weighted by molar-refractivity contribution is 9.11. The average molecular weight is 539 g/mol. The molecule has 0 fully saturated rings. The van der Waals surface area contributed by atoms with E-state index in [1.165, 1.54) is 12.1 Å². The number of sulfonamides is 1. The number of anilines is 1. The highest BCUT2D eigenvalue weighted by Gasteiger charge is 2.20. The molecule has 0 aliphatic carbocycles. The first-order valence-corrected chi connectivity index (χ1v) is 9.95. The third-order valence-electron chi connectivity index (χ3n) is 2.46. The van der Waals surface area contributed by atoms with Gasteiger partial charge in [0.25, 0.3) is 10.0 Å². The van der Waals surface area contributed by atoms with Crippen molar-refractivity contribution in [2.75, 3.05) is 4.72 Å². The zero-order chi connectivity index (χ0) is 15.8. The molecule has 2 rings (SSSR count). The Morgan fingerprint density at radius 2 is 1.57 bits per heavy atom. The van der Waals surface area contributed by atoms with Crippen LogP contribution >= 0.6 is 71.0 Å². The second-order valence-electron chi connectivity index (χ2n) is 3.90. The fourth-order valence-corrected chi connectivity index (χ4v) is 5.19. The average Bonchev–Trinajstić information content (AvgIpc) is 2.39. The van der Waals surface area contributed by atoms with Gasteiger partial charge in [-0.25, -0.2) is 8.42 Å². The first kappa shape index (κ1) is 17.6. The molecule has 0 bridgehead atoms. The molecule has 0 unspecified atom stereocenters. The van der Waals surface area contributed by atoms with E-state index in [9.17, 15) is 8.42 Å². The number of halogens is 5. The van der Waals surface area contributed by atoms with Gasteiger partial charge in [-0.1, -0.05) is 39.1 Å². The molecule has 0 atom stereocenters. The molecule has 0 saturated carbocycles. The molecule has 0 heterocycles. The van der Waals surface area contributed by atoms with Crippen molar-refractivity contribution in [3.63, 3.8) is 0 Å². The monoisotopic (exact) mass is 535 g/mol. The summed E-state index contributed by atoms with van der Waals surface area (Å²) in [5.41, 5.74) is 0.208. The van der Waals surface area contributed by atoms with Crippen molar-refractivity contribution in [1.29, 1.82) is 0 Å². The van der Waals surface area contributed by atoms with Gasteiger partial charge in [0.2, 0.25) is 0 Å². The van der Waals surface area contributed by atoms with Gasteiger partial charge in [0.15, 0.2) is 0 Å². The summed E-state index contributed by atoms with van der Waals surface area (Å²) in [6.07, 6.45) is 0. The third kappa shape index (κ3) is 3.95. The van der Waals surface area contributed by atoms with E-state index in [0.717, 1.165) is 4.47 Å². The van der Waals surface area contributed by atoms with Crippen molar-refractivity contribution < 1.29 is 8.42 Å². The summed E-state index contributed by atoms with van der Waals surface area (Å²) in [6, 6.07) is 7.90. The molecular formula is C12H6Br3Cl2NO2S. The third-order valence-corrected chi connectivity index (χ3v) is 7.07. The van der Waals surface area contributed by atoms with Crippen LogP contribution in [0.3, 0.4) is 0 Å². The fourth-order valence-electron chi connectivity index (χ4n) is 1.50. The van der Waals surface area contributed by atoms with Gasteiger partial charge in [0.1, 0.15) is 4.90 Å². The quantitative estimate of drug-likeness (QED) is 0.481. The van der Waals surface area contributed by atoms with Crippen LogP contribution in [-0.2, 0) is 10.0 Å². The van der Waals surface area contributed by atoms with E-state index in [0.29, 0.717) is 8.95 Å². The second-order valence-corrected chi connectivity index (χ2v) is 8.93. The van der Waals surface area contributed by atoms with Crippen molar-refractivity contribution in [1.82, 2.24) is 0 Å². The number of nitrogens with one attached hydrogen (secondary N) is 1. The van der Waals surface area contributed by atoms with E-state index in [1.54, 1.807) is 18.2 Å². The molecule has 112 valence electrons. The van der Waals surface area contributed by atoms with Gasteiger partial charge in [-0.3, -0.25) is 4.72 Å². The molecule has 0 saturated heterocycles. The van der Waals surface area contributed by atoms with E-state index in [2.05, 4.69) is 52.5 Å². The molecule has 2 aromatic rings. The lowest BCUT2D eigenvalue weighted by Crippen LogP contribution is -2.14. The maximum atomic E-state index is 12.4. The lowest BCUT2D eigenvalue weighted by Gasteiger charge is -2.12. The number of hydrogen-bond donors (Lipinski definition) is 1. The predicted octanol–water partition coefficient (Wildman–Crippen LogP) is 6.08. The van der Waals surface area contributed by atoms with E-state index in [4.69, 9.17) is 23.2 Å². The summed E-state index contributed by atoms with van der Waals surface area (Å²) in [5.74, 6) is 0. The lowest BCUT2D eigenvalue weighted by atomic mass is 10.3. The van der Waals surface area contributed by atoms with Crippen LogP contribution in [0.4, 0.5) is 5.69 Å². The van der Waals surface area contributed by atoms with Crippen LogP contribution < -0.4 is 4.72 Å². The Hall–Kier alpha value is 0.210. The van der Waals surface area contributed by atoms with Crippen molar-refractivity contribution in [3.05, 3.63) is 53.8 Å². The molecular weight excluding hydrogens is 533 g/mol. The Balaban J connectivity index is 2.45. The molecule has 0 aromatic heterocycles. The summed E-state index contributed by atoms with van der Waals surface area (Å²) in [4.78, 5) is 0.0980. The highest BCUT2D eigenvalue weighted by atomic mass is 79.9. The molecule has 0 aliphatic heterocycles. The molecule has 3 nitrogen and oxygen atoms in total. The van der Waals surface area contributed by atoms with Gasteiger partial charge in [-0.2, -0.15) is 0 Å². The van der Waals surface area contributed by atoms with Crippen LogP contribution in [0.2, 0.25) is 10.0 Å². The lowest BCUT2D eigenvalue weighted by molar-refractivity contribution is 0.600. The first-order chi connectivity index (χ1) is 9.72. The smallest absolute Gasteiger partial charge is 0.263 e. The van der Waals surface area contributed by atoms with E-state index in [-0.39, 0.29) is 20.6 Å². The highest BCUT2D eigenvalue weighted by Crippen LogP contribution is 2.37. The van der Waals surface area contributed by atoms with Gasteiger partial charge in [-0.05, 0) is 62.2 Å². The van der Waals surface area contributed by atoms with Gasteiger partial charge < -0.3 is 0 Å². The van der Waals surface area contributed by atoms with E-state index in [1.807, 2.05) is 0 Å². The van der Waals surface area contributed by atoms with Gasteiger partial charge in [0, 0.05) is 13.4 Å². The Morgan fingerprint density at radius 3 is 2.19 bits per heavy atom. The van der Waals surface area contributed by atoms with Crippen molar-refractivity contribution in [2.24, 2.45) is 0 Å². The van der Waals surface area contributed by atoms with Crippen molar-refractivity contribution >= 4 is 86.7 Å². The van der Waals surface area contributed by atoms with Crippen LogP contribution in [0, 0.1) is 0 Å². The molecule has 0 amide bonds. The van der Waals surface area contributed by atoms with Crippen molar-refractivity contribution in [2.45, 2.75) is 4.90 Å². The molecule has 2 aromatic carbocycles. The minimum absolute atomic E-state index is 0.0980. The van der Waals surface area contributed by atoms with Crippen LogP contribution in [0.25, 0.3) is 0 Å². The van der Waals surface area contributed by atoms with Crippen LogP contribution in [0.15, 0.2) is 48.6 Å². The van der Waals surface area contributed by atoms with E-state index < -0.39 is 10.0 Å². The molecule has 0 radical (unpaired) electrons.